The van der Waals surface area contributed by atoms with Gasteiger partial charge < -0.3 is 10.6 Å². The van der Waals surface area contributed by atoms with Crippen molar-refractivity contribution in [3.63, 3.8) is 0 Å². The first-order valence-corrected chi connectivity index (χ1v) is 4.63. The van der Waals surface area contributed by atoms with E-state index in [-0.39, 0.29) is 0 Å². The SMILES string of the molecule is CCNCc1ccc(NC)nc1C. The molecule has 0 amide bonds. The molecule has 0 fully saturated rings. The van der Waals surface area contributed by atoms with Crippen molar-refractivity contribution in [1.82, 2.24) is 10.3 Å². The average Bonchev–Trinajstić information content (AvgIpc) is 2.16. The van der Waals surface area contributed by atoms with Crippen LogP contribution in [0, 0.1) is 6.92 Å². The van der Waals surface area contributed by atoms with Crippen LogP contribution in [0.3, 0.4) is 0 Å². The van der Waals surface area contributed by atoms with Crippen molar-refractivity contribution in [1.29, 1.82) is 0 Å². The molecule has 72 valence electrons. The van der Waals surface area contributed by atoms with Gasteiger partial charge in [-0.05, 0) is 25.1 Å². The molecule has 0 aliphatic heterocycles. The number of aromatic nitrogens is 1. The maximum Gasteiger partial charge on any atom is 0.125 e. The smallest absolute Gasteiger partial charge is 0.125 e. The number of hydrogen-bond acceptors (Lipinski definition) is 3. The van der Waals surface area contributed by atoms with Crippen molar-refractivity contribution >= 4 is 5.82 Å². The lowest BCUT2D eigenvalue weighted by molar-refractivity contribution is 0.720. The number of nitrogens with one attached hydrogen (secondary N) is 2. The first kappa shape index (κ1) is 9.99. The fourth-order valence-corrected chi connectivity index (χ4v) is 1.18. The zero-order valence-electron chi connectivity index (χ0n) is 8.52. The Bertz CT molecular complexity index is 271. The van der Waals surface area contributed by atoms with Crippen molar-refractivity contribution in [3.8, 4) is 0 Å². The fraction of sp³-hybridized carbons (Fsp3) is 0.500. The molecule has 0 unspecified atom stereocenters. The topological polar surface area (TPSA) is 37.0 Å². The van der Waals surface area contributed by atoms with E-state index in [1.54, 1.807) is 0 Å². The molecule has 1 heterocycles. The highest BCUT2D eigenvalue weighted by Gasteiger charge is 1.99. The Morgan fingerprint density at radius 2 is 2.15 bits per heavy atom. The standard InChI is InChI=1S/C10H17N3/c1-4-12-7-9-5-6-10(11-3)13-8(9)2/h5-6,12H,4,7H2,1-3H3,(H,11,13). The van der Waals surface area contributed by atoms with E-state index in [2.05, 4.69) is 28.6 Å². The van der Waals surface area contributed by atoms with Crippen molar-refractivity contribution in [3.05, 3.63) is 23.4 Å². The Hall–Kier alpha value is -1.09. The Balaban J connectivity index is 2.73. The fourth-order valence-electron chi connectivity index (χ4n) is 1.18. The van der Waals surface area contributed by atoms with E-state index in [1.807, 2.05) is 20.0 Å². The molecule has 0 saturated carbocycles. The molecule has 0 spiro atoms. The summed E-state index contributed by atoms with van der Waals surface area (Å²) in [6.07, 6.45) is 0. The van der Waals surface area contributed by atoms with Gasteiger partial charge in [-0.2, -0.15) is 0 Å². The summed E-state index contributed by atoms with van der Waals surface area (Å²) >= 11 is 0. The van der Waals surface area contributed by atoms with E-state index in [1.165, 1.54) is 5.56 Å². The Kier molecular flexibility index (Phi) is 3.71. The molecule has 13 heavy (non-hydrogen) atoms. The Morgan fingerprint density at radius 1 is 1.38 bits per heavy atom. The van der Waals surface area contributed by atoms with E-state index in [9.17, 15) is 0 Å². The number of pyridine rings is 1. The number of nitrogens with zero attached hydrogens (tertiary/aromatic N) is 1. The van der Waals surface area contributed by atoms with Gasteiger partial charge in [-0.25, -0.2) is 4.98 Å². The first-order chi connectivity index (χ1) is 6.27. The molecule has 1 aromatic heterocycles. The van der Waals surface area contributed by atoms with Crippen molar-refractivity contribution < 1.29 is 0 Å². The van der Waals surface area contributed by atoms with Crippen LogP contribution in [0.15, 0.2) is 12.1 Å². The molecule has 3 nitrogen and oxygen atoms in total. The largest absolute Gasteiger partial charge is 0.373 e. The third kappa shape index (κ3) is 2.70. The predicted molar refractivity (Wildman–Crippen MR) is 55.9 cm³/mol. The molecule has 1 rings (SSSR count). The quantitative estimate of drug-likeness (QED) is 0.736. The predicted octanol–water partition coefficient (Wildman–Crippen LogP) is 1.54. The first-order valence-electron chi connectivity index (χ1n) is 4.63. The number of anilines is 1. The van der Waals surface area contributed by atoms with Crippen molar-refractivity contribution in [2.24, 2.45) is 0 Å². The molecule has 1 aromatic rings. The minimum atomic E-state index is 0.902. The van der Waals surface area contributed by atoms with Crippen LogP contribution >= 0.6 is 0 Å². The van der Waals surface area contributed by atoms with Gasteiger partial charge in [-0.3, -0.25) is 0 Å². The normalized spacial score (nSPS) is 10.1. The summed E-state index contributed by atoms with van der Waals surface area (Å²) in [5, 5.41) is 6.30. The molecule has 0 aliphatic rings. The molecular weight excluding hydrogens is 162 g/mol. The average molecular weight is 179 g/mol. The van der Waals surface area contributed by atoms with Crippen LogP contribution in [-0.2, 0) is 6.54 Å². The van der Waals surface area contributed by atoms with Gasteiger partial charge in [0.15, 0.2) is 0 Å². The lowest BCUT2D eigenvalue weighted by atomic mass is 10.2. The zero-order valence-corrected chi connectivity index (χ0v) is 8.52. The number of hydrogen-bond donors (Lipinski definition) is 2. The molecule has 0 saturated heterocycles. The second-order valence-corrected chi connectivity index (χ2v) is 2.97. The zero-order chi connectivity index (χ0) is 9.68. The van der Waals surface area contributed by atoms with Crippen LogP contribution in [0.4, 0.5) is 5.82 Å². The van der Waals surface area contributed by atoms with Crippen LogP contribution in [0.5, 0.6) is 0 Å². The molecule has 0 aliphatic carbocycles. The second kappa shape index (κ2) is 4.82. The second-order valence-electron chi connectivity index (χ2n) is 2.97. The number of rotatable bonds is 4. The summed E-state index contributed by atoms with van der Waals surface area (Å²) < 4.78 is 0. The van der Waals surface area contributed by atoms with E-state index in [4.69, 9.17) is 0 Å². The lowest BCUT2D eigenvalue weighted by Gasteiger charge is -2.07. The highest BCUT2D eigenvalue weighted by Crippen LogP contribution is 2.09. The molecule has 0 atom stereocenters. The number of aryl methyl sites for hydroxylation is 1. The summed E-state index contributed by atoms with van der Waals surface area (Å²) in [5.41, 5.74) is 2.36. The third-order valence-electron chi connectivity index (χ3n) is 2.02. The lowest BCUT2D eigenvalue weighted by Crippen LogP contribution is -2.13. The molecule has 0 bridgehead atoms. The van der Waals surface area contributed by atoms with E-state index >= 15 is 0 Å². The van der Waals surface area contributed by atoms with Crippen LogP contribution in [0.25, 0.3) is 0 Å². The summed E-state index contributed by atoms with van der Waals surface area (Å²) in [7, 11) is 1.88. The maximum atomic E-state index is 4.39. The molecule has 0 radical (unpaired) electrons. The minimum Gasteiger partial charge on any atom is -0.373 e. The van der Waals surface area contributed by atoms with Crippen molar-refractivity contribution in [2.45, 2.75) is 20.4 Å². The minimum absolute atomic E-state index is 0.902. The molecular formula is C10H17N3. The van der Waals surface area contributed by atoms with Gasteiger partial charge in [0.25, 0.3) is 0 Å². The molecule has 2 N–H and O–H groups in total. The van der Waals surface area contributed by atoms with Crippen molar-refractivity contribution in [2.75, 3.05) is 18.9 Å². The van der Waals surface area contributed by atoms with Gasteiger partial charge in [0.1, 0.15) is 5.82 Å². The van der Waals surface area contributed by atoms with Crippen LogP contribution in [0.2, 0.25) is 0 Å². The maximum absolute atomic E-state index is 4.39. The van der Waals surface area contributed by atoms with Crippen LogP contribution in [-0.4, -0.2) is 18.6 Å². The summed E-state index contributed by atoms with van der Waals surface area (Å²) in [4.78, 5) is 4.39. The highest BCUT2D eigenvalue weighted by molar-refractivity contribution is 5.37. The van der Waals surface area contributed by atoms with Gasteiger partial charge in [0.05, 0.1) is 0 Å². The third-order valence-corrected chi connectivity index (χ3v) is 2.02. The van der Waals surface area contributed by atoms with Gasteiger partial charge >= 0.3 is 0 Å². The van der Waals surface area contributed by atoms with E-state index < -0.39 is 0 Å². The summed E-state index contributed by atoms with van der Waals surface area (Å²) in [6, 6.07) is 4.11. The van der Waals surface area contributed by atoms with Gasteiger partial charge in [0.2, 0.25) is 0 Å². The summed E-state index contributed by atoms with van der Waals surface area (Å²) in [6.45, 7) is 6.03. The van der Waals surface area contributed by atoms with Gasteiger partial charge in [0, 0.05) is 19.3 Å². The van der Waals surface area contributed by atoms with Gasteiger partial charge in [-0.15, -0.1) is 0 Å². The highest BCUT2D eigenvalue weighted by atomic mass is 15.0. The van der Waals surface area contributed by atoms with E-state index in [0.29, 0.717) is 0 Å². The molecule has 3 heteroatoms. The summed E-state index contributed by atoms with van der Waals surface area (Å²) in [5.74, 6) is 0.928. The Labute approximate surface area is 79.6 Å². The Morgan fingerprint density at radius 3 is 2.69 bits per heavy atom. The van der Waals surface area contributed by atoms with Crippen LogP contribution < -0.4 is 10.6 Å². The van der Waals surface area contributed by atoms with Gasteiger partial charge in [-0.1, -0.05) is 13.0 Å². The van der Waals surface area contributed by atoms with E-state index in [0.717, 1.165) is 24.6 Å². The monoisotopic (exact) mass is 179 g/mol. The molecule has 0 aromatic carbocycles. The van der Waals surface area contributed by atoms with Crippen LogP contribution in [0.1, 0.15) is 18.2 Å².